The molecule has 6 heteroatoms. The van der Waals surface area contributed by atoms with E-state index in [9.17, 15) is 0 Å². The summed E-state index contributed by atoms with van der Waals surface area (Å²) in [4.78, 5) is 0. The first-order valence-corrected chi connectivity index (χ1v) is 0. The Bertz CT molecular complexity index is 14.8. The van der Waals surface area contributed by atoms with Crippen molar-refractivity contribution in [2.45, 2.75) is 0 Å². The topological polar surface area (TPSA) is 31.5 Å². The third-order valence-corrected chi connectivity index (χ3v) is 0. The molecular formula is H7Li5O. The Morgan fingerprint density at radius 3 is 0.500 bits per heavy atom. The monoisotopic (exact) mass is 58.1 g/mol. The second-order valence-electron chi connectivity index (χ2n) is 0. The number of rotatable bonds is 0. The van der Waals surface area contributed by atoms with E-state index in [-0.39, 0.29) is 107 Å². The Kier molecular flexibility index (Phi) is 479. The fraction of sp³-hybridized carbons (Fsp3) is 0. The molecule has 0 atom stereocenters. The van der Waals surface area contributed by atoms with Crippen molar-refractivity contribution in [2.24, 2.45) is 0 Å². The van der Waals surface area contributed by atoms with Crippen LogP contribution in [0.4, 0.5) is 0 Å². The molecule has 0 radical (unpaired) electrons. The molecule has 18 valence electrons. The predicted molar refractivity (Wildman–Crippen MR) is 9.17 cm³/mol. The quantitative estimate of drug-likeness (QED) is 0.248. The molecule has 0 spiro atoms. The van der Waals surface area contributed by atoms with Gasteiger partial charge in [0.05, 0.1) is 0 Å². The molecule has 2 N–H and O–H groups in total. The minimum Gasteiger partial charge on any atom is -1.00 e. The molecule has 0 rings (SSSR count). The van der Waals surface area contributed by atoms with Crippen molar-refractivity contribution in [3.8, 4) is 0 Å². The molecular weight excluding hydrogens is 50.7 g/mol. The van der Waals surface area contributed by atoms with Crippen LogP contribution in [0.25, 0.3) is 0 Å². The van der Waals surface area contributed by atoms with Gasteiger partial charge in [-0.3, -0.25) is 0 Å². The molecule has 0 fully saturated rings. The molecule has 0 heterocycles. The first-order valence-electron chi connectivity index (χ1n) is 0. The third kappa shape index (κ3) is 28.3. The molecule has 0 bridgehead atoms. The van der Waals surface area contributed by atoms with E-state index < -0.39 is 0 Å². The zero-order chi connectivity index (χ0) is 0. The van der Waals surface area contributed by atoms with E-state index in [0.717, 1.165) is 0 Å². The Balaban J connectivity index is 0. The predicted octanol–water partition coefficient (Wildman–Crippen LogP) is -15.2. The molecule has 6 heavy (non-hydrogen) atoms. The van der Waals surface area contributed by atoms with Crippen molar-refractivity contribution >= 4 is 0 Å². The van der Waals surface area contributed by atoms with E-state index in [0.29, 0.717) is 0 Å². The summed E-state index contributed by atoms with van der Waals surface area (Å²) in [5.41, 5.74) is 0. The zero-order valence-electron chi connectivity index (χ0n) is 10.5. The number of hydrogen-bond acceptors (Lipinski definition) is 0. The summed E-state index contributed by atoms with van der Waals surface area (Å²) >= 11 is 0. The third-order valence-electron chi connectivity index (χ3n) is 0. The summed E-state index contributed by atoms with van der Waals surface area (Å²) in [6.07, 6.45) is 0. The average Bonchev–Trinajstić information content (AvgIpc) is 0. The molecule has 0 aliphatic rings. The summed E-state index contributed by atoms with van der Waals surface area (Å²) in [5.74, 6) is 0. The van der Waals surface area contributed by atoms with Gasteiger partial charge in [0.15, 0.2) is 0 Å². The first kappa shape index (κ1) is 65.1. The van der Waals surface area contributed by atoms with Gasteiger partial charge in [-0.15, -0.1) is 0 Å². The van der Waals surface area contributed by atoms with Crippen LogP contribution in [0, 0.1) is 0 Å². The van der Waals surface area contributed by atoms with Crippen LogP contribution in [0.2, 0.25) is 0 Å². The fourth-order valence-corrected chi connectivity index (χ4v) is 0. The smallest absolute Gasteiger partial charge is 1.00 e. The summed E-state index contributed by atoms with van der Waals surface area (Å²) < 4.78 is 0. The summed E-state index contributed by atoms with van der Waals surface area (Å²) in [7, 11) is 0. The average molecular weight is 57.8 g/mol. The minimum absolute atomic E-state index is 0. The Hall–Kier alpha value is 2.95. The van der Waals surface area contributed by atoms with Crippen molar-refractivity contribution < 1.29 is 107 Å². The second-order valence-corrected chi connectivity index (χ2v) is 0. The van der Waals surface area contributed by atoms with Crippen LogP contribution in [-0.2, 0) is 0 Å². The van der Waals surface area contributed by atoms with Crippen molar-refractivity contribution in [3.05, 3.63) is 0 Å². The van der Waals surface area contributed by atoms with Gasteiger partial charge in [-0.1, -0.05) is 0 Å². The van der Waals surface area contributed by atoms with Gasteiger partial charge in [0.25, 0.3) is 0 Å². The maximum absolute atomic E-state index is 0. The largest absolute Gasteiger partial charge is 1.00 e. The van der Waals surface area contributed by atoms with Gasteiger partial charge in [-0.05, 0) is 0 Å². The molecule has 0 aromatic carbocycles. The van der Waals surface area contributed by atoms with Crippen LogP contribution >= 0.6 is 0 Å². The van der Waals surface area contributed by atoms with E-state index >= 15 is 0 Å². The summed E-state index contributed by atoms with van der Waals surface area (Å²) in [6.45, 7) is 0. The molecule has 0 aliphatic carbocycles. The van der Waals surface area contributed by atoms with Crippen LogP contribution in [-0.4, -0.2) is 5.48 Å². The van der Waals surface area contributed by atoms with Crippen LogP contribution in [0.5, 0.6) is 0 Å². The van der Waals surface area contributed by atoms with Gasteiger partial charge in [0.2, 0.25) is 0 Å². The molecule has 0 aromatic heterocycles. The Morgan fingerprint density at radius 1 is 0.500 bits per heavy atom. The summed E-state index contributed by atoms with van der Waals surface area (Å²) in [5, 5.41) is 0. The van der Waals surface area contributed by atoms with E-state index in [1.165, 1.54) is 0 Å². The molecule has 1 nitrogen and oxygen atoms in total. The number of hydrogen-bond donors (Lipinski definition) is 0. The SMILES string of the molecule is O.[H-].[H-].[H-].[H-].[H-].[Li+].[Li+].[Li+].[Li+].[Li+]. The van der Waals surface area contributed by atoms with Crippen molar-refractivity contribution in [1.82, 2.24) is 0 Å². The van der Waals surface area contributed by atoms with Crippen molar-refractivity contribution in [1.29, 1.82) is 0 Å². The summed E-state index contributed by atoms with van der Waals surface area (Å²) in [6, 6.07) is 0. The molecule has 0 saturated carbocycles. The normalized spacial score (nSPS) is 0. The molecule has 0 unspecified atom stereocenters. The van der Waals surface area contributed by atoms with Gasteiger partial charge < -0.3 is 12.6 Å². The fourth-order valence-electron chi connectivity index (χ4n) is 0. The van der Waals surface area contributed by atoms with Crippen molar-refractivity contribution in [3.63, 3.8) is 0 Å². The molecule has 0 aromatic rings. The van der Waals surface area contributed by atoms with Crippen LogP contribution in [0.1, 0.15) is 7.13 Å². The standard InChI is InChI=1S/5Li.H2O.5H/h;;;;;1H2;;;;;/q5*+1;;5*-1. The Morgan fingerprint density at radius 2 is 0.500 bits per heavy atom. The molecule has 0 saturated heterocycles. The van der Waals surface area contributed by atoms with Crippen LogP contribution in [0.15, 0.2) is 0 Å². The second kappa shape index (κ2) is 44.2. The van der Waals surface area contributed by atoms with Crippen molar-refractivity contribution in [2.75, 3.05) is 0 Å². The van der Waals surface area contributed by atoms with Crippen LogP contribution < -0.4 is 94.3 Å². The molecule has 0 aliphatic heterocycles. The minimum atomic E-state index is 0. The Labute approximate surface area is 106 Å². The van der Waals surface area contributed by atoms with Gasteiger partial charge in [0.1, 0.15) is 0 Å². The van der Waals surface area contributed by atoms with Gasteiger partial charge >= 0.3 is 94.3 Å². The molecule has 0 amide bonds. The van der Waals surface area contributed by atoms with Gasteiger partial charge in [-0.25, -0.2) is 0 Å². The zero-order valence-corrected chi connectivity index (χ0v) is 5.50. The maximum Gasteiger partial charge on any atom is 1.00 e. The van der Waals surface area contributed by atoms with E-state index in [1.54, 1.807) is 0 Å². The van der Waals surface area contributed by atoms with E-state index in [4.69, 9.17) is 0 Å². The van der Waals surface area contributed by atoms with Gasteiger partial charge in [0, 0.05) is 0 Å². The van der Waals surface area contributed by atoms with Gasteiger partial charge in [-0.2, -0.15) is 0 Å². The van der Waals surface area contributed by atoms with E-state index in [1.807, 2.05) is 0 Å². The van der Waals surface area contributed by atoms with Crippen LogP contribution in [0.3, 0.4) is 0 Å². The van der Waals surface area contributed by atoms with E-state index in [2.05, 4.69) is 0 Å². The maximum atomic E-state index is 0. The first-order chi connectivity index (χ1) is 0.